The number of nitrogens with zero attached hydrogens (tertiary/aromatic N) is 3. The summed E-state index contributed by atoms with van der Waals surface area (Å²) in [5, 5.41) is 14.0. The average Bonchev–Trinajstić information content (AvgIpc) is 3.08. The number of Topliss-reactive ketones (excluding diaryl/α,β-unsaturated/α-hetero) is 1. The van der Waals surface area contributed by atoms with E-state index in [-0.39, 0.29) is 29.6 Å². The first-order chi connectivity index (χ1) is 12.9. The predicted octanol–water partition coefficient (Wildman–Crippen LogP) is 2.49. The van der Waals surface area contributed by atoms with Gasteiger partial charge in [0.1, 0.15) is 17.2 Å². The third-order valence-electron chi connectivity index (χ3n) is 5.20. The van der Waals surface area contributed by atoms with E-state index in [0.29, 0.717) is 30.5 Å². The van der Waals surface area contributed by atoms with Crippen LogP contribution in [-0.2, 0) is 9.53 Å². The van der Waals surface area contributed by atoms with Crippen LogP contribution in [0.5, 0.6) is 0 Å². The normalized spacial score (nSPS) is 24.7. The van der Waals surface area contributed by atoms with Crippen LogP contribution in [0.3, 0.4) is 0 Å². The van der Waals surface area contributed by atoms with Crippen molar-refractivity contribution in [1.29, 1.82) is 5.26 Å². The maximum absolute atomic E-state index is 13.1. The van der Waals surface area contributed by atoms with Crippen molar-refractivity contribution in [2.24, 2.45) is 5.41 Å². The summed E-state index contributed by atoms with van der Waals surface area (Å²) < 4.78 is 11.3. The zero-order chi connectivity index (χ0) is 19.2. The number of ether oxygens (including phenoxy) is 1. The van der Waals surface area contributed by atoms with Crippen LogP contribution in [0.4, 0.5) is 0 Å². The highest BCUT2D eigenvalue weighted by Crippen LogP contribution is 2.41. The molecule has 1 aliphatic heterocycles. The second-order valence-corrected chi connectivity index (χ2v) is 7.73. The lowest BCUT2D eigenvalue weighted by Gasteiger charge is -2.46. The van der Waals surface area contributed by atoms with Gasteiger partial charge >= 0.3 is 0 Å². The van der Waals surface area contributed by atoms with E-state index in [9.17, 15) is 14.9 Å². The minimum Gasteiger partial charge on any atom is -0.367 e. The molecule has 1 spiro atoms. The topological polar surface area (TPSA) is 96.4 Å². The molecule has 2 heterocycles. The minimum absolute atomic E-state index is 0.0886. The molecule has 2 aliphatic rings. The molecule has 0 radical (unpaired) electrons. The van der Waals surface area contributed by atoms with Gasteiger partial charge in [-0.25, -0.2) is 0 Å². The number of hydrogen-bond acceptors (Lipinski definition) is 6. The molecule has 138 valence electrons. The van der Waals surface area contributed by atoms with Gasteiger partial charge in [0, 0.05) is 12.0 Å². The number of amides is 1. The van der Waals surface area contributed by atoms with E-state index in [1.807, 2.05) is 18.2 Å². The Bertz CT molecular complexity index is 1010. The lowest BCUT2D eigenvalue weighted by atomic mass is 9.69. The van der Waals surface area contributed by atoms with Crippen LogP contribution >= 0.6 is 0 Å². The predicted molar refractivity (Wildman–Crippen MR) is 95.7 cm³/mol. The summed E-state index contributed by atoms with van der Waals surface area (Å²) in [5.74, 6) is -0.268. The molecule has 0 saturated carbocycles. The van der Waals surface area contributed by atoms with E-state index in [4.69, 9.17) is 9.26 Å². The van der Waals surface area contributed by atoms with Gasteiger partial charge in [0.25, 0.3) is 5.91 Å². The highest BCUT2D eigenvalue weighted by molar-refractivity contribution is 6.05. The molecule has 0 bridgehead atoms. The Labute approximate surface area is 156 Å². The summed E-state index contributed by atoms with van der Waals surface area (Å²) in [6, 6.07) is 9.22. The fourth-order valence-electron chi connectivity index (χ4n) is 4.02. The monoisotopic (exact) mass is 365 g/mol. The van der Waals surface area contributed by atoms with E-state index in [0.717, 1.165) is 0 Å². The Hall–Kier alpha value is -2.98. The second-order valence-electron chi connectivity index (χ2n) is 7.73. The number of fused-ring (bicyclic) bond motifs is 1. The lowest BCUT2D eigenvalue weighted by molar-refractivity contribution is -0.134. The molecule has 1 amide bonds. The largest absolute Gasteiger partial charge is 0.367 e. The Morgan fingerprint density at radius 3 is 2.89 bits per heavy atom. The number of benzene rings is 1. The fraction of sp³-hybridized carbons (Fsp3) is 0.400. The smallest absolute Gasteiger partial charge is 0.293 e. The number of aromatic nitrogens is 1. The summed E-state index contributed by atoms with van der Waals surface area (Å²) in [5.41, 5.74) is -0.873. The molecule has 1 atom stereocenters. The van der Waals surface area contributed by atoms with Gasteiger partial charge in [-0.2, -0.15) is 5.26 Å². The standard InChI is InChI=1S/C20H19N3O4/c1-19(2)11-20(9-13(10-21)17(19)24)12-23(7-8-26-20)18(25)16-14-5-3-4-6-15(14)22-27-16/h3-6,9H,7-8,11-12H2,1-2H3. The van der Waals surface area contributed by atoms with Gasteiger partial charge in [0.15, 0.2) is 5.78 Å². The van der Waals surface area contributed by atoms with E-state index >= 15 is 0 Å². The third-order valence-corrected chi connectivity index (χ3v) is 5.20. The molecule has 1 saturated heterocycles. The fourth-order valence-corrected chi connectivity index (χ4v) is 4.02. The second kappa shape index (κ2) is 6.03. The quantitative estimate of drug-likeness (QED) is 0.770. The Morgan fingerprint density at radius 1 is 1.33 bits per heavy atom. The van der Waals surface area contributed by atoms with Crippen LogP contribution in [0, 0.1) is 16.7 Å². The van der Waals surface area contributed by atoms with Crippen LogP contribution in [-0.4, -0.2) is 47.0 Å². The molecule has 1 fully saturated rings. The molecule has 2 aromatic rings. The summed E-state index contributed by atoms with van der Waals surface area (Å²) in [7, 11) is 0. The van der Waals surface area contributed by atoms with Crippen LogP contribution < -0.4 is 0 Å². The highest BCUT2D eigenvalue weighted by atomic mass is 16.5. The van der Waals surface area contributed by atoms with Crippen LogP contribution in [0.2, 0.25) is 0 Å². The van der Waals surface area contributed by atoms with Crippen LogP contribution in [0.15, 0.2) is 40.4 Å². The molecular weight excluding hydrogens is 346 g/mol. The Balaban J connectivity index is 1.67. The molecule has 1 aromatic heterocycles. The van der Waals surface area contributed by atoms with Crippen LogP contribution in [0.25, 0.3) is 10.9 Å². The van der Waals surface area contributed by atoms with Gasteiger partial charge in [-0.15, -0.1) is 0 Å². The summed E-state index contributed by atoms with van der Waals surface area (Å²) >= 11 is 0. The molecule has 1 aromatic carbocycles. The number of morpholine rings is 1. The number of carbonyl (C=O) groups is 2. The van der Waals surface area contributed by atoms with Crippen molar-refractivity contribution in [2.45, 2.75) is 25.9 Å². The average molecular weight is 365 g/mol. The number of hydrogen-bond donors (Lipinski definition) is 0. The number of carbonyl (C=O) groups excluding carboxylic acids is 2. The van der Waals surface area contributed by atoms with Crippen molar-refractivity contribution >= 4 is 22.6 Å². The molecule has 7 nitrogen and oxygen atoms in total. The number of rotatable bonds is 1. The van der Waals surface area contributed by atoms with Gasteiger partial charge in [-0.05, 0) is 24.6 Å². The van der Waals surface area contributed by atoms with Gasteiger partial charge in [0.05, 0.1) is 24.1 Å². The van der Waals surface area contributed by atoms with Gasteiger partial charge in [-0.1, -0.05) is 31.1 Å². The maximum atomic E-state index is 13.1. The maximum Gasteiger partial charge on any atom is 0.293 e. The van der Waals surface area contributed by atoms with Gasteiger partial charge < -0.3 is 14.2 Å². The van der Waals surface area contributed by atoms with Crippen molar-refractivity contribution < 1.29 is 18.8 Å². The number of ketones is 1. The molecule has 0 N–H and O–H groups in total. The Morgan fingerprint density at radius 2 is 2.11 bits per heavy atom. The van der Waals surface area contributed by atoms with Crippen molar-refractivity contribution in [3.05, 3.63) is 41.7 Å². The number of nitriles is 1. The minimum atomic E-state index is -0.855. The molecule has 27 heavy (non-hydrogen) atoms. The Kier molecular flexibility index (Phi) is 3.89. The summed E-state index contributed by atoms with van der Waals surface area (Å²) in [6.45, 7) is 4.57. The third kappa shape index (κ3) is 2.82. The molecule has 1 aliphatic carbocycles. The van der Waals surface area contributed by atoms with Crippen molar-refractivity contribution in [3.8, 4) is 6.07 Å². The van der Waals surface area contributed by atoms with E-state index in [1.165, 1.54) is 0 Å². The zero-order valence-electron chi connectivity index (χ0n) is 15.2. The molecule has 1 unspecified atom stereocenters. The van der Waals surface area contributed by atoms with Gasteiger partial charge in [0.2, 0.25) is 5.76 Å². The molecular formula is C20H19N3O4. The summed E-state index contributed by atoms with van der Waals surface area (Å²) in [6.07, 6.45) is 1.99. The van der Waals surface area contributed by atoms with Gasteiger partial charge in [-0.3, -0.25) is 9.59 Å². The van der Waals surface area contributed by atoms with E-state index in [2.05, 4.69) is 5.16 Å². The first-order valence-corrected chi connectivity index (χ1v) is 8.81. The number of allylic oxidation sites excluding steroid dienone is 1. The molecule has 7 heteroatoms. The zero-order valence-corrected chi connectivity index (χ0v) is 15.2. The van der Waals surface area contributed by atoms with E-state index < -0.39 is 11.0 Å². The lowest BCUT2D eigenvalue weighted by Crippen LogP contribution is -2.57. The SMILES string of the molecule is CC1(C)CC2(C=C(C#N)C1=O)CN(C(=O)c1onc3ccccc13)CCO2. The first-order valence-electron chi connectivity index (χ1n) is 8.81. The van der Waals surface area contributed by atoms with Crippen molar-refractivity contribution in [2.75, 3.05) is 19.7 Å². The summed E-state index contributed by atoms with van der Waals surface area (Å²) in [4.78, 5) is 27.1. The molecule has 4 rings (SSSR count). The van der Waals surface area contributed by atoms with Crippen molar-refractivity contribution in [1.82, 2.24) is 10.1 Å². The van der Waals surface area contributed by atoms with Crippen molar-refractivity contribution in [3.63, 3.8) is 0 Å². The van der Waals surface area contributed by atoms with E-state index in [1.54, 1.807) is 37.0 Å². The highest BCUT2D eigenvalue weighted by Gasteiger charge is 2.48. The van der Waals surface area contributed by atoms with Crippen LogP contribution in [0.1, 0.15) is 30.8 Å². The first kappa shape index (κ1) is 17.4.